The molecule has 7 heteroatoms. The van der Waals surface area contributed by atoms with Gasteiger partial charge in [-0.05, 0) is 43.2 Å². The van der Waals surface area contributed by atoms with Crippen LogP contribution in [0.2, 0.25) is 0 Å². The zero-order valence-electron chi connectivity index (χ0n) is 15.3. The first kappa shape index (κ1) is 18.4. The molecular weight excluding hydrogens is 366 g/mol. The van der Waals surface area contributed by atoms with Crippen molar-refractivity contribution in [3.8, 4) is 0 Å². The van der Waals surface area contributed by atoms with Crippen molar-refractivity contribution in [3.63, 3.8) is 0 Å². The van der Waals surface area contributed by atoms with E-state index in [1.54, 1.807) is 0 Å². The van der Waals surface area contributed by atoms with Crippen molar-refractivity contribution in [1.29, 1.82) is 0 Å². The molecule has 2 amide bonds. The molecule has 1 saturated heterocycles. The molecule has 1 aliphatic carbocycles. The summed E-state index contributed by atoms with van der Waals surface area (Å²) in [6.45, 7) is 2.67. The smallest absolute Gasteiger partial charge is 0.414 e. The number of nitrogens with zero attached hydrogens (tertiary/aromatic N) is 1. The molecule has 1 N–H and O–H groups in total. The van der Waals surface area contributed by atoms with E-state index >= 15 is 0 Å². The minimum Gasteiger partial charge on any atom is -0.447 e. The fourth-order valence-corrected chi connectivity index (χ4v) is 3.66. The minimum atomic E-state index is -0.612. The minimum absolute atomic E-state index is 0.00940. The maximum atomic E-state index is 13.9. The number of halogens is 2. The van der Waals surface area contributed by atoms with E-state index in [4.69, 9.17) is 4.74 Å². The second-order valence-electron chi connectivity index (χ2n) is 7.18. The highest BCUT2D eigenvalue weighted by Crippen LogP contribution is 2.49. The molecule has 2 aromatic carbocycles. The van der Waals surface area contributed by atoms with Crippen molar-refractivity contribution in [3.05, 3.63) is 65.2 Å². The SMILES string of the molecule is C[C@H](NC(=O)[C@H]1C[C@H]1c1c(F)cccc1F)c1cccc(N2CCOC2=O)c1. The van der Waals surface area contributed by atoms with Gasteiger partial charge in [0.15, 0.2) is 0 Å². The molecule has 0 unspecified atom stereocenters. The number of benzene rings is 2. The predicted octanol–water partition coefficient (Wildman–Crippen LogP) is 3.90. The molecular formula is C21H20F2N2O3. The van der Waals surface area contributed by atoms with Crippen LogP contribution < -0.4 is 10.2 Å². The van der Waals surface area contributed by atoms with Crippen LogP contribution >= 0.6 is 0 Å². The molecule has 2 aliphatic rings. The van der Waals surface area contributed by atoms with E-state index in [0.29, 0.717) is 25.3 Å². The molecule has 0 bridgehead atoms. The van der Waals surface area contributed by atoms with Gasteiger partial charge in [-0.25, -0.2) is 13.6 Å². The summed E-state index contributed by atoms with van der Waals surface area (Å²) in [4.78, 5) is 25.8. The number of hydrogen-bond donors (Lipinski definition) is 1. The molecule has 5 nitrogen and oxygen atoms in total. The standard InChI is InChI=1S/C21H20F2N2O3/c1-12(13-4-2-5-14(10-13)25-8-9-28-21(25)27)24-20(26)16-11-15(16)19-17(22)6-3-7-18(19)23/h2-7,10,12,15-16H,8-9,11H2,1H3,(H,24,26)/t12-,15+,16-/m0/s1. The van der Waals surface area contributed by atoms with Gasteiger partial charge >= 0.3 is 6.09 Å². The van der Waals surface area contributed by atoms with Gasteiger partial charge in [0, 0.05) is 23.1 Å². The van der Waals surface area contributed by atoms with Gasteiger partial charge in [-0.3, -0.25) is 9.69 Å². The van der Waals surface area contributed by atoms with E-state index in [9.17, 15) is 18.4 Å². The van der Waals surface area contributed by atoms with Crippen LogP contribution in [0.3, 0.4) is 0 Å². The Balaban J connectivity index is 1.42. The van der Waals surface area contributed by atoms with Crippen molar-refractivity contribution in [2.45, 2.75) is 25.3 Å². The van der Waals surface area contributed by atoms with Gasteiger partial charge in [-0.15, -0.1) is 0 Å². The Bertz CT molecular complexity index is 913. The fraction of sp³-hybridized carbons (Fsp3) is 0.333. The van der Waals surface area contributed by atoms with Crippen LogP contribution in [0.1, 0.15) is 36.4 Å². The quantitative estimate of drug-likeness (QED) is 0.848. The highest BCUT2D eigenvalue weighted by molar-refractivity contribution is 5.89. The lowest BCUT2D eigenvalue weighted by Gasteiger charge is -2.18. The normalized spacial score (nSPS) is 22.0. The van der Waals surface area contributed by atoms with Crippen molar-refractivity contribution < 1.29 is 23.1 Å². The lowest BCUT2D eigenvalue weighted by atomic mass is 10.1. The Morgan fingerprint density at radius 3 is 2.61 bits per heavy atom. The van der Waals surface area contributed by atoms with Crippen molar-refractivity contribution in [2.24, 2.45) is 5.92 Å². The molecule has 2 fully saturated rings. The molecule has 4 rings (SSSR count). The molecule has 146 valence electrons. The first-order valence-corrected chi connectivity index (χ1v) is 9.24. The molecule has 0 spiro atoms. The number of nitrogens with one attached hydrogen (secondary N) is 1. The van der Waals surface area contributed by atoms with E-state index in [2.05, 4.69) is 5.32 Å². The van der Waals surface area contributed by atoms with Gasteiger partial charge in [0.1, 0.15) is 18.2 Å². The summed E-state index contributed by atoms with van der Waals surface area (Å²) in [6.07, 6.45) is 0.0392. The number of carbonyl (C=O) groups excluding carboxylic acids is 2. The number of hydrogen-bond acceptors (Lipinski definition) is 3. The van der Waals surface area contributed by atoms with E-state index in [-0.39, 0.29) is 23.6 Å². The summed E-state index contributed by atoms with van der Waals surface area (Å²) in [5.41, 5.74) is 1.53. The lowest BCUT2D eigenvalue weighted by Crippen LogP contribution is -2.29. The Labute approximate surface area is 161 Å². The Hall–Kier alpha value is -2.96. The van der Waals surface area contributed by atoms with Crippen molar-refractivity contribution in [2.75, 3.05) is 18.1 Å². The number of amides is 2. The van der Waals surface area contributed by atoms with Crippen molar-refractivity contribution >= 4 is 17.7 Å². The summed E-state index contributed by atoms with van der Waals surface area (Å²) in [5, 5.41) is 2.91. The van der Waals surface area contributed by atoms with E-state index in [1.807, 2.05) is 31.2 Å². The van der Waals surface area contributed by atoms with E-state index < -0.39 is 23.5 Å². The third-order valence-corrected chi connectivity index (χ3v) is 5.30. The first-order chi connectivity index (χ1) is 13.5. The number of ether oxygens (including phenoxy) is 1. The van der Waals surface area contributed by atoms with Gasteiger partial charge in [-0.1, -0.05) is 18.2 Å². The second-order valence-corrected chi connectivity index (χ2v) is 7.18. The first-order valence-electron chi connectivity index (χ1n) is 9.24. The Morgan fingerprint density at radius 1 is 1.21 bits per heavy atom. The van der Waals surface area contributed by atoms with Crippen LogP contribution in [0.15, 0.2) is 42.5 Å². The monoisotopic (exact) mass is 386 g/mol. The van der Waals surface area contributed by atoms with Crippen LogP contribution in [0.5, 0.6) is 0 Å². The molecule has 1 aliphatic heterocycles. The summed E-state index contributed by atoms with van der Waals surface area (Å²) in [7, 11) is 0. The number of carbonyl (C=O) groups is 2. The van der Waals surface area contributed by atoms with Gasteiger partial charge in [-0.2, -0.15) is 0 Å². The largest absolute Gasteiger partial charge is 0.447 e. The van der Waals surface area contributed by atoms with Gasteiger partial charge in [0.2, 0.25) is 5.91 Å². The molecule has 1 saturated carbocycles. The molecule has 3 atom stereocenters. The van der Waals surface area contributed by atoms with Crippen LogP contribution in [-0.4, -0.2) is 25.2 Å². The third kappa shape index (κ3) is 3.44. The average molecular weight is 386 g/mol. The average Bonchev–Trinajstić information content (AvgIpc) is 3.34. The number of cyclic esters (lactones) is 1. The molecule has 0 radical (unpaired) electrons. The molecule has 28 heavy (non-hydrogen) atoms. The maximum absolute atomic E-state index is 13.9. The van der Waals surface area contributed by atoms with Crippen LogP contribution in [0.4, 0.5) is 19.3 Å². The summed E-state index contributed by atoms with van der Waals surface area (Å²) in [5.74, 6) is -2.33. The van der Waals surface area contributed by atoms with E-state index in [1.165, 1.54) is 23.1 Å². The zero-order valence-corrected chi connectivity index (χ0v) is 15.3. The highest BCUT2D eigenvalue weighted by atomic mass is 19.1. The van der Waals surface area contributed by atoms with Gasteiger partial charge in [0.05, 0.1) is 12.6 Å². The topological polar surface area (TPSA) is 58.6 Å². The predicted molar refractivity (Wildman–Crippen MR) is 98.9 cm³/mol. The summed E-state index contributed by atoms with van der Waals surface area (Å²) < 4.78 is 32.8. The maximum Gasteiger partial charge on any atom is 0.414 e. The van der Waals surface area contributed by atoms with Crippen LogP contribution in [-0.2, 0) is 9.53 Å². The van der Waals surface area contributed by atoms with Gasteiger partial charge < -0.3 is 10.1 Å². The van der Waals surface area contributed by atoms with Gasteiger partial charge in [0.25, 0.3) is 0 Å². The Morgan fingerprint density at radius 2 is 1.93 bits per heavy atom. The lowest BCUT2D eigenvalue weighted by molar-refractivity contribution is -0.123. The molecule has 0 aromatic heterocycles. The molecule has 2 aromatic rings. The van der Waals surface area contributed by atoms with E-state index in [0.717, 1.165) is 5.56 Å². The Kier molecular flexibility index (Phi) is 4.75. The van der Waals surface area contributed by atoms with Crippen LogP contribution in [0, 0.1) is 17.6 Å². The second kappa shape index (κ2) is 7.22. The zero-order chi connectivity index (χ0) is 19.8. The molecule has 1 heterocycles. The third-order valence-electron chi connectivity index (χ3n) is 5.30. The number of rotatable bonds is 5. The fourth-order valence-electron chi connectivity index (χ4n) is 3.66. The summed E-state index contributed by atoms with van der Waals surface area (Å²) in [6, 6.07) is 10.7. The van der Waals surface area contributed by atoms with Crippen molar-refractivity contribution in [1.82, 2.24) is 5.32 Å². The van der Waals surface area contributed by atoms with Crippen LogP contribution in [0.25, 0.3) is 0 Å². The highest BCUT2D eigenvalue weighted by Gasteiger charge is 2.46. The summed E-state index contributed by atoms with van der Waals surface area (Å²) >= 11 is 0. The number of anilines is 1.